The molecule has 0 fully saturated rings. The molecule has 6 heteroatoms. The summed E-state index contributed by atoms with van der Waals surface area (Å²) in [5.41, 5.74) is 6.59. The van der Waals surface area contributed by atoms with Crippen molar-refractivity contribution in [2.75, 3.05) is 0 Å². The highest BCUT2D eigenvalue weighted by molar-refractivity contribution is 5.85. The summed E-state index contributed by atoms with van der Waals surface area (Å²) in [5, 5.41) is 9.64. The summed E-state index contributed by atoms with van der Waals surface area (Å²) in [6.07, 6.45) is -5.38. The third-order valence-electron chi connectivity index (χ3n) is 2.41. The van der Waals surface area contributed by atoms with Gasteiger partial charge < -0.3 is 10.8 Å². The van der Waals surface area contributed by atoms with Crippen LogP contribution in [0.15, 0.2) is 18.2 Å². The molecule has 0 radical (unpaired) electrons. The lowest BCUT2D eigenvalue weighted by molar-refractivity contribution is -0.136. The summed E-state index contributed by atoms with van der Waals surface area (Å²) in [4.78, 5) is 0. The van der Waals surface area contributed by atoms with Gasteiger partial charge in [-0.1, -0.05) is 18.2 Å². The Morgan fingerprint density at radius 1 is 1.35 bits per heavy atom. The Hall–Kier alpha value is -0.940. The summed E-state index contributed by atoms with van der Waals surface area (Å²) in [7, 11) is 0. The van der Waals surface area contributed by atoms with E-state index in [4.69, 9.17) is 5.73 Å². The molecule has 17 heavy (non-hydrogen) atoms. The molecule has 98 valence electrons. The van der Waals surface area contributed by atoms with Gasteiger partial charge in [-0.3, -0.25) is 0 Å². The number of aromatic hydroxyl groups is 1. The van der Waals surface area contributed by atoms with E-state index in [1.165, 1.54) is 0 Å². The van der Waals surface area contributed by atoms with Crippen molar-refractivity contribution in [1.29, 1.82) is 0 Å². The van der Waals surface area contributed by atoms with Crippen molar-refractivity contribution in [2.24, 2.45) is 5.73 Å². The van der Waals surface area contributed by atoms with Crippen molar-refractivity contribution in [2.45, 2.75) is 32.0 Å². The number of phenols is 1. The van der Waals surface area contributed by atoms with Crippen molar-refractivity contribution in [3.8, 4) is 5.75 Å². The zero-order valence-electron chi connectivity index (χ0n) is 9.29. The Balaban J connectivity index is 0.00000256. The zero-order valence-corrected chi connectivity index (χ0v) is 10.1. The highest BCUT2D eigenvalue weighted by Crippen LogP contribution is 2.31. The number of halogens is 4. The molecule has 0 amide bonds. The number of alkyl halides is 3. The standard InChI is InChI=1S/C11H14F3NO.ClH/c1-7-3-2-4-8(10(7)16)9(15)5-6-11(12,13)14;/h2-4,9,16H,5-6,15H2,1H3;1H/t9-;/m1./s1. The first kappa shape index (κ1) is 16.1. The normalized spacial score (nSPS) is 13.0. The fraction of sp³-hybridized carbons (Fsp3) is 0.455. The Morgan fingerprint density at radius 2 is 1.94 bits per heavy atom. The number of aryl methyl sites for hydroxylation is 1. The van der Waals surface area contributed by atoms with Gasteiger partial charge in [0.1, 0.15) is 5.75 Å². The Kier molecular flexibility index (Phi) is 5.78. The van der Waals surface area contributed by atoms with E-state index in [1.807, 2.05) is 0 Å². The second-order valence-electron chi connectivity index (χ2n) is 3.77. The molecule has 0 aliphatic heterocycles. The zero-order chi connectivity index (χ0) is 12.3. The van der Waals surface area contributed by atoms with E-state index in [-0.39, 0.29) is 24.6 Å². The molecular formula is C11H15ClF3NO. The maximum atomic E-state index is 12.0. The quantitative estimate of drug-likeness (QED) is 0.883. The summed E-state index contributed by atoms with van der Waals surface area (Å²) >= 11 is 0. The summed E-state index contributed by atoms with van der Waals surface area (Å²) < 4.78 is 36.0. The van der Waals surface area contributed by atoms with E-state index in [2.05, 4.69) is 0 Å². The summed E-state index contributed by atoms with van der Waals surface area (Å²) in [6, 6.07) is 4.10. The van der Waals surface area contributed by atoms with Gasteiger partial charge in [-0.05, 0) is 18.9 Å². The van der Waals surface area contributed by atoms with E-state index in [0.717, 1.165) is 0 Å². The van der Waals surface area contributed by atoms with Crippen LogP contribution in [0.3, 0.4) is 0 Å². The van der Waals surface area contributed by atoms with Crippen molar-refractivity contribution in [3.05, 3.63) is 29.3 Å². The molecule has 0 bridgehead atoms. The predicted molar refractivity (Wildman–Crippen MR) is 62.3 cm³/mol. The van der Waals surface area contributed by atoms with Gasteiger partial charge in [-0.15, -0.1) is 12.4 Å². The molecule has 0 heterocycles. The van der Waals surface area contributed by atoms with Crippen LogP contribution in [0.25, 0.3) is 0 Å². The van der Waals surface area contributed by atoms with Crippen LogP contribution in [-0.2, 0) is 0 Å². The number of nitrogens with two attached hydrogens (primary N) is 1. The lowest BCUT2D eigenvalue weighted by Crippen LogP contribution is -2.16. The van der Waals surface area contributed by atoms with Crippen LogP contribution in [0.2, 0.25) is 0 Å². The first-order valence-electron chi connectivity index (χ1n) is 4.92. The van der Waals surface area contributed by atoms with E-state index in [0.29, 0.717) is 11.1 Å². The molecule has 1 atom stereocenters. The third kappa shape index (κ3) is 4.83. The Morgan fingerprint density at radius 3 is 2.47 bits per heavy atom. The highest BCUT2D eigenvalue weighted by Gasteiger charge is 2.28. The first-order valence-corrected chi connectivity index (χ1v) is 4.92. The van der Waals surface area contributed by atoms with Gasteiger partial charge in [-0.25, -0.2) is 0 Å². The lowest BCUT2D eigenvalue weighted by Gasteiger charge is -2.15. The van der Waals surface area contributed by atoms with Gasteiger partial charge in [-0.2, -0.15) is 13.2 Å². The number of para-hydroxylation sites is 1. The average Bonchev–Trinajstić information content (AvgIpc) is 2.17. The highest BCUT2D eigenvalue weighted by atomic mass is 35.5. The van der Waals surface area contributed by atoms with Crippen LogP contribution in [0.1, 0.15) is 30.0 Å². The minimum Gasteiger partial charge on any atom is -0.507 e. The number of phenolic OH excluding ortho intramolecular Hbond substituents is 1. The Labute approximate surface area is 104 Å². The van der Waals surface area contributed by atoms with Gasteiger partial charge in [0.05, 0.1) is 0 Å². The van der Waals surface area contributed by atoms with E-state index < -0.39 is 18.6 Å². The van der Waals surface area contributed by atoms with E-state index in [9.17, 15) is 18.3 Å². The molecule has 0 saturated heterocycles. The molecular weight excluding hydrogens is 255 g/mol. The Bertz CT molecular complexity index is 368. The van der Waals surface area contributed by atoms with Crippen LogP contribution < -0.4 is 5.73 Å². The van der Waals surface area contributed by atoms with E-state index >= 15 is 0 Å². The van der Waals surface area contributed by atoms with Crippen LogP contribution in [0.5, 0.6) is 5.75 Å². The molecule has 1 aromatic carbocycles. The van der Waals surface area contributed by atoms with Crippen LogP contribution in [0.4, 0.5) is 13.2 Å². The third-order valence-corrected chi connectivity index (χ3v) is 2.41. The smallest absolute Gasteiger partial charge is 0.389 e. The molecule has 2 nitrogen and oxygen atoms in total. The van der Waals surface area contributed by atoms with Crippen molar-refractivity contribution in [1.82, 2.24) is 0 Å². The van der Waals surface area contributed by atoms with Crippen LogP contribution in [-0.4, -0.2) is 11.3 Å². The number of rotatable bonds is 3. The average molecular weight is 270 g/mol. The minimum absolute atomic E-state index is 0. The summed E-state index contributed by atoms with van der Waals surface area (Å²) in [6.45, 7) is 1.68. The molecule has 1 rings (SSSR count). The van der Waals surface area contributed by atoms with Gasteiger partial charge >= 0.3 is 6.18 Å². The van der Waals surface area contributed by atoms with Gasteiger partial charge in [0.25, 0.3) is 0 Å². The second kappa shape index (κ2) is 6.12. The lowest BCUT2D eigenvalue weighted by atomic mass is 9.99. The first-order chi connectivity index (χ1) is 7.31. The van der Waals surface area contributed by atoms with Gasteiger partial charge in [0.15, 0.2) is 0 Å². The fourth-order valence-corrected chi connectivity index (χ4v) is 1.46. The molecule has 0 saturated carbocycles. The molecule has 0 unspecified atom stereocenters. The van der Waals surface area contributed by atoms with Crippen molar-refractivity contribution >= 4 is 12.4 Å². The van der Waals surface area contributed by atoms with Crippen molar-refractivity contribution < 1.29 is 18.3 Å². The maximum Gasteiger partial charge on any atom is 0.389 e. The van der Waals surface area contributed by atoms with Gasteiger partial charge in [0.2, 0.25) is 0 Å². The second-order valence-corrected chi connectivity index (χ2v) is 3.77. The fourth-order valence-electron chi connectivity index (χ4n) is 1.46. The number of hydrogen-bond donors (Lipinski definition) is 2. The minimum atomic E-state index is -4.21. The molecule has 0 aromatic heterocycles. The van der Waals surface area contributed by atoms with Crippen LogP contribution >= 0.6 is 12.4 Å². The largest absolute Gasteiger partial charge is 0.507 e. The monoisotopic (exact) mass is 269 g/mol. The predicted octanol–water partition coefficient (Wildman–Crippen LogP) is 3.46. The molecule has 0 aliphatic rings. The molecule has 1 aromatic rings. The topological polar surface area (TPSA) is 46.2 Å². The SMILES string of the molecule is Cc1cccc([C@H](N)CCC(F)(F)F)c1O.Cl. The van der Waals surface area contributed by atoms with Crippen LogP contribution in [0, 0.1) is 6.92 Å². The summed E-state index contributed by atoms with van der Waals surface area (Å²) in [5.74, 6) is -0.0165. The van der Waals surface area contributed by atoms with E-state index in [1.54, 1.807) is 25.1 Å². The molecule has 0 aliphatic carbocycles. The number of hydrogen-bond acceptors (Lipinski definition) is 2. The molecule has 0 spiro atoms. The number of benzene rings is 1. The maximum absolute atomic E-state index is 12.0. The van der Waals surface area contributed by atoms with Crippen molar-refractivity contribution in [3.63, 3.8) is 0 Å². The van der Waals surface area contributed by atoms with Gasteiger partial charge in [0, 0.05) is 18.0 Å². The molecule has 3 N–H and O–H groups in total.